The van der Waals surface area contributed by atoms with E-state index in [1.807, 2.05) is 4.90 Å². The van der Waals surface area contributed by atoms with Gasteiger partial charge in [0.25, 0.3) is 0 Å². The van der Waals surface area contributed by atoms with Crippen LogP contribution in [0.5, 0.6) is 0 Å². The molecule has 2 heterocycles. The molecule has 0 unspecified atom stereocenters. The van der Waals surface area contributed by atoms with Gasteiger partial charge in [-0.3, -0.25) is 9.79 Å². The maximum atomic E-state index is 11.8. The second-order valence-corrected chi connectivity index (χ2v) is 5.75. The van der Waals surface area contributed by atoms with Crippen LogP contribution in [0, 0.1) is 5.92 Å². The Morgan fingerprint density at radius 2 is 1.75 bits per heavy atom. The largest absolute Gasteiger partial charge is 0.370 e. The minimum absolute atomic E-state index is 0. The van der Waals surface area contributed by atoms with Crippen molar-refractivity contribution in [3.8, 4) is 0 Å². The SMILES string of the molecule is CC1CCN(C(N)=NCCC(=O)N2CCCC2)CC1.I. The zero-order valence-electron chi connectivity index (χ0n) is 12.4. The zero-order chi connectivity index (χ0) is 13.7. The molecule has 0 radical (unpaired) electrons. The summed E-state index contributed by atoms with van der Waals surface area (Å²) in [4.78, 5) is 20.3. The third-order valence-electron chi connectivity index (χ3n) is 4.17. The van der Waals surface area contributed by atoms with Crippen molar-refractivity contribution in [1.82, 2.24) is 9.80 Å². The second kappa shape index (κ2) is 8.69. The zero-order valence-corrected chi connectivity index (χ0v) is 14.7. The molecule has 0 atom stereocenters. The highest BCUT2D eigenvalue weighted by molar-refractivity contribution is 14.0. The van der Waals surface area contributed by atoms with Gasteiger partial charge in [0.15, 0.2) is 5.96 Å². The molecule has 0 aromatic heterocycles. The first-order valence-electron chi connectivity index (χ1n) is 7.49. The molecule has 0 aromatic rings. The summed E-state index contributed by atoms with van der Waals surface area (Å²) in [5, 5.41) is 0. The fraction of sp³-hybridized carbons (Fsp3) is 0.857. The Labute approximate surface area is 139 Å². The molecule has 2 N–H and O–H groups in total. The van der Waals surface area contributed by atoms with E-state index in [-0.39, 0.29) is 29.9 Å². The third-order valence-corrected chi connectivity index (χ3v) is 4.17. The monoisotopic (exact) mass is 394 g/mol. The predicted molar refractivity (Wildman–Crippen MR) is 92.3 cm³/mol. The first-order chi connectivity index (χ1) is 9.16. The van der Waals surface area contributed by atoms with Crippen molar-refractivity contribution in [2.45, 2.75) is 39.0 Å². The summed E-state index contributed by atoms with van der Waals surface area (Å²) in [6.07, 6.45) is 5.14. The summed E-state index contributed by atoms with van der Waals surface area (Å²) in [5.74, 6) is 1.63. The van der Waals surface area contributed by atoms with Gasteiger partial charge in [0.05, 0.1) is 6.54 Å². The Bertz CT molecular complexity index is 334. The van der Waals surface area contributed by atoms with E-state index in [1.54, 1.807) is 0 Å². The van der Waals surface area contributed by atoms with Crippen LogP contribution in [0.25, 0.3) is 0 Å². The van der Waals surface area contributed by atoms with Crippen molar-refractivity contribution in [2.24, 2.45) is 16.6 Å². The fourth-order valence-electron chi connectivity index (χ4n) is 2.73. The van der Waals surface area contributed by atoms with Gasteiger partial charge in [-0.1, -0.05) is 6.92 Å². The van der Waals surface area contributed by atoms with Crippen LogP contribution < -0.4 is 5.73 Å². The van der Waals surface area contributed by atoms with E-state index >= 15 is 0 Å². The molecular formula is C14H27IN4O. The summed E-state index contributed by atoms with van der Waals surface area (Å²) in [6, 6.07) is 0. The lowest BCUT2D eigenvalue weighted by Gasteiger charge is -2.31. The molecule has 0 spiro atoms. The highest BCUT2D eigenvalue weighted by Gasteiger charge is 2.18. The fourth-order valence-corrected chi connectivity index (χ4v) is 2.73. The van der Waals surface area contributed by atoms with Gasteiger partial charge < -0.3 is 15.5 Å². The number of amides is 1. The number of nitrogens with two attached hydrogens (primary N) is 1. The number of halogens is 1. The molecule has 2 aliphatic heterocycles. The van der Waals surface area contributed by atoms with E-state index in [0.29, 0.717) is 18.9 Å². The first kappa shape index (κ1) is 17.5. The molecule has 20 heavy (non-hydrogen) atoms. The van der Waals surface area contributed by atoms with Gasteiger partial charge in [-0.15, -0.1) is 24.0 Å². The summed E-state index contributed by atoms with van der Waals surface area (Å²) in [7, 11) is 0. The number of aliphatic imine (C=N–C) groups is 1. The summed E-state index contributed by atoms with van der Waals surface area (Å²) >= 11 is 0. The first-order valence-corrected chi connectivity index (χ1v) is 7.49. The summed E-state index contributed by atoms with van der Waals surface area (Å²) in [6.45, 7) is 6.63. The van der Waals surface area contributed by atoms with Crippen molar-refractivity contribution in [1.29, 1.82) is 0 Å². The smallest absolute Gasteiger partial charge is 0.224 e. The number of piperidine rings is 1. The van der Waals surface area contributed by atoms with Crippen LogP contribution >= 0.6 is 24.0 Å². The van der Waals surface area contributed by atoms with Crippen molar-refractivity contribution >= 4 is 35.8 Å². The molecule has 0 saturated carbocycles. The van der Waals surface area contributed by atoms with Crippen LogP contribution in [0.2, 0.25) is 0 Å². The molecule has 2 fully saturated rings. The highest BCUT2D eigenvalue weighted by atomic mass is 127. The average molecular weight is 394 g/mol. The second-order valence-electron chi connectivity index (χ2n) is 5.75. The van der Waals surface area contributed by atoms with Gasteiger partial charge in [0.1, 0.15) is 0 Å². The van der Waals surface area contributed by atoms with Crippen LogP contribution in [-0.2, 0) is 4.79 Å². The number of hydrogen-bond acceptors (Lipinski definition) is 2. The maximum absolute atomic E-state index is 11.8. The Kier molecular flexibility index (Phi) is 7.61. The topological polar surface area (TPSA) is 61.9 Å². The Morgan fingerprint density at radius 3 is 2.35 bits per heavy atom. The van der Waals surface area contributed by atoms with Gasteiger partial charge in [0, 0.05) is 32.6 Å². The number of nitrogens with zero attached hydrogens (tertiary/aromatic N) is 3. The van der Waals surface area contributed by atoms with E-state index in [4.69, 9.17) is 5.73 Å². The van der Waals surface area contributed by atoms with Gasteiger partial charge in [-0.05, 0) is 31.6 Å². The molecule has 0 aliphatic carbocycles. The normalized spacial score (nSPS) is 20.9. The van der Waals surface area contributed by atoms with Gasteiger partial charge in [0.2, 0.25) is 5.91 Å². The molecule has 2 aliphatic rings. The van der Waals surface area contributed by atoms with E-state index in [9.17, 15) is 4.79 Å². The van der Waals surface area contributed by atoms with Gasteiger partial charge in [-0.25, -0.2) is 0 Å². The van der Waals surface area contributed by atoms with E-state index in [1.165, 1.54) is 12.8 Å². The summed E-state index contributed by atoms with van der Waals surface area (Å²) in [5.41, 5.74) is 5.98. The predicted octanol–water partition coefficient (Wildman–Crippen LogP) is 1.66. The van der Waals surface area contributed by atoms with E-state index in [0.717, 1.165) is 44.9 Å². The number of hydrogen-bond donors (Lipinski definition) is 1. The molecule has 0 bridgehead atoms. The molecule has 0 aromatic carbocycles. The maximum Gasteiger partial charge on any atom is 0.224 e. The Balaban J connectivity index is 0.00000200. The quantitative estimate of drug-likeness (QED) is 0.450. The molecule has 116 valence electrons. The average Bonchev–Trinajstić information content (AvgIpc) is 2.93. The number of carbonyl (C=O) groups excluding carboxylic acids is 1. The molecule has 2 rings (SSSR count). The van der Waals surface area contributed by atoms with Crippen molar-refractivity contribution in [2.75, 3.05) is 32.7 Å². The minimum atomic E-state index is 0. The summed E-state index contributed by atoms with van der Waals surface area (Å²) < 4.78 is 0. The molecule has 2 saturated heterocycles. The number of carbonyl (C=O) groups is 1. The molecule has 1 amide bonds. The van der Waals surface area contributed by atoms with Crippen LogP contribution in [0.4, 0.5) is 0 Å². The lowest BCUT2D eigenvalue weighted by Crippen LogP contribution is -2.42. The molecule has 6 heteroatoms. The lowest BCUT2D eigenvalue weighted by molar-refractivity contribution is -0.129. The Morgan fingerprint density at radius 1 is 1.15 bits per heavy atom. The molecule has 5 nitrogen and oxygen atoms in total. The Hall–Kier alpha value is -0.530. The number of likely N-dealkylation sites (tertiary alicyclic amines) is 2. The third kappa shape index (κ3) is 5.10. The lowest BCUT2D eigenvalue weighted by atomic mass is 10.00. The van der Waals surface area contributed by atoms with E-state index < -0.39 is 0 Å². The number of guanidine groups is 1. The van der Waals surface area contributed by atoms with Gasteiger partial charge in [-0.2, -0.15) is 0 Å². The highest BCUT2D eigenvalue weighted by Crippen LogP contribution is 2.15. The van der Waals surface area contributed by atoms with Crippen LogP contribution in [0.15, 0.2) is 4.99 Å². The van der Waals surface area contributed by atoms with E-state index in [2.05, 4.69) is 16.8 Å². The molecular weight excluding hydrogens is 367 g/mol. The standard InChI is InChI=1S/C14H26N4O.HI/c1-12-5-10-18(11-6-12)14(15)16-7-4-13(19)17-8-2-3-9-17;/h12H,2-11H2,1H3,(H2,15,16);1H. The van der Waals surface area contributed by atoms with Crippen LogP contribution in [-0.4, -0.2) is 54.4 Å². The minimum Gasteiger partial charge on any atom is -0.370 e. The van der Waals surface area contributed by atoms with Gasteiger partial charge >= 0.3 is 0 Å². The van der Waals surface area contributed by atoms with Crippen molar-refractivity contribution in [3.05, 3.63) is 0 Å². The van der Waals surface area contributed by atoms with Crippen LogP contribution in [0.3, 0.4) is 0 Å². The van der Waals surface area contributed by atoms with Crippen molar-refractivity contribution in [3.63, 3.8) is 0 Å². The van der Waals surface area contributed by atoms with Crippen molar-refractivity contribution < 1.29 is 4.79 Å². The number of rotatable bonds is 3. The van der Waals surface area contributed by atoms with Crippen LogP contribution in [0.1, 0.15) is 39.0 Å².